The first-order valence-corrected chi connectivity index (χ1v) is 13.2. The molecule has 1 aromatic carbocycles. The van der Waals surface area contributed by atoms with Gasteiger partial charge in [-0.2, -0.15) is 0 Å². The number of amides is 3. The van der Waals surface area contributed by atoms with Crippen molar-refractivity contribution in [2.45, 2.75) is 78.0 Å². The third-order valence-corrected chi connectivity index (χ3v) is 5.50. The van der Waals surface area contributed by atoms with Gasteiger partial charge in [0, 0.05) is 25.8 Å². The molecule has 0 radical (unpaired) electrons. The molecule has 0 aliphatic rings. The van der Waals surface area contributed by atoms with E-state index < -0.39 is 11.9 Å². The molecule has 0 bridgehead atoms. The van der Waals surface area contributed by atoms with Gasteiger partial charge in [0.1, 0.15) is 25.9 Å². The fourth-order valence-electron chi connectivity index (χ4n) is 3.31. The summed E-state index contributed by atoms with van der Waals surface area (Å²) in [5.74, 6) is -1.58. The topological polar surface area (TPSA) is 158 Å². The average Bonchev–Trinajstić information content (AvgIpc) is 2.88. The Bertz CT molecular complexity index is 848. The number of esters is 1. The van der Waals surface area contributed by atoms with Crippen LogP contribution in [0.5, 0.6) is 0 Å². The van der Waals surface area contributed by atoms with E-state index in [2.05, 4.69) is 22.9 Å². The first kappa shape index (κ1) is 33.0. The number of hydrogen-bond acceptors (Lipinski definition) is 8. The van der Waals surface area contributed by atoms with Gasteiger partial charge in [-0.1, -0.05) is 25.5 Å². The molecule has 1 rings (SSSR count). The second-order valence-electron chi connectivity index (χ2n) is 9.04. The maximum absolute atomic E-state index is 12.8. The largest absolute Gasteiger partial charge is 0.461 e. The van der Waals surface area contributed by atoms with Gasteiger partial charge >= 0.3 is 5.97 Å². The van der Waals surface area contributed by atoms with Gasteiger partial charge in [0.2, 0.25) is 17.7 Å². The molecule has 38 heavy (non-hydrogen) atoms. The minimum Gasteiger partial charge on any atom is -0.461 e. The Kier molecular flexibility index (Phi) is 17.4. The summed E-state index contributed by atoms with van der Waals surface area (Å²) in [6.07, 6.45) is 4.58. The molecule has 0 fully saturated rings. The van der Waals surface area contributed by atoms with Crippen LogP contribution in [0.25, 0.3) is 0 Å². The lowest BCUT2D eigenvalue weighted by Crippen LogP contribution is -2.45. The lowest BCUT2D eigenvalue weighted by molar-refractivity contribution is -0.142. The summed E-state index contributed by atoms with van der Waals surface area (Å²) in [6.45, 7) is 6.57. The average molecular weight is 537 g/mol. The molecule has 0 aliphatic heterocycles. The zero-order valence-electron chi connectivity index (χ0n) is 22.9. The molecule has 2 atom stereocenters. The van der Waals surface area contributed by atoms with Gasteiger partial charge < -0.3 is 35.9 Å². The Morgan fingerprint density at radius 3 is 2.34 bits per heavy atom. The molecule has 11 nitrogen and oxygen atoms in total. The molecule has 214 valence electrons. The molecule has 0 heterocycles. The highest BCUT2D eigenvalue weighted by Crippen LogP contribution is 2.12. The first-order chi connectivity index (χ1) is 18.2. The van der Waals surface area contributed by atoms with E-state index in [4.69, 9.17) is 19.9 Å². The number of unbranched alkanes of at least 4 members (excludes halogenated alkanes) is 2. The quantitative estimate of drug-likeness (QED) is 0.146. The third-order valence-electron chi connectivity index (χ3n) is 5.50. The van der Waals surface area contributed by atoms with E-state index in [0.717, 1.165) is 18.4 Å². The molecule has 0 aliphatic carbocycles. The van der Waals surface area contributed by atoms with Gasteiger partial charge in [-0.15, -0.1) is 0 Å². The Morgan fingerprint density at radius 1 is 0.974 bits per heavy atom. The molecule has 0 spiro atoms. The van der Waals surface area contributed by atoms with E-state index >= 15 is 0 Å². The van der Waals surface area contributed by atoms with Crippen molar-refractivity contribution in [3.05, 3.63) is 29.8 Å². The van der Waals surface area contributed by atoms with E-state index in [0.29, 0.717) is 51.1 Å². The second kappa shape index (κ2) is 20.0. The maximum Gasteiger partial charge on any atom is 0.302 e. The normalized spacial score (nSPS) is 12.3. The molecule has 1 unspecified atom stereocenters. The van der Waals surface area contributed by atoms with Crippen LogP contribution in [-0.4, -0.2) is 68.7 Å². The number of ether oxygens (including phenoxy) is 3. The number of nitrogens with two attached hydrogens (primary N) is 1. The highest BCUT2D eigenvalue weighted by Gasteiger charge is 2.21. The zero-order valence-corrected chi connectivity index (χ0v) is 22.9. The van der Waals surface area contributed by atoms with E-state index in [1.165, 1.54) is 6.92 Å². The van der Waals surface area contributed by atoms with Crippen molar-refractivity contribution in [1.82, 2.24) is 10.6 Å². The van der Waals surface area contributed by atoms with Crippen molar-refractivity contribution in [3.63, 3.8) is 0 Å². The predicted octanol–water partition coefficient (Wildman–Crippen LogP) is 2.03. The maximum atomic E-state index is 12.8. The van der Waals surface area contributed by atoms with Crippen LogP contribution >= 0.6 is 0 Å². The standard InChI is InChI=1S/C27H44N4O7/c1-4-5-16-37-20(2)13-15-29-25(33)18-36-19-26(34)31-24(8-6-7-14-28)27(35)30-23-11-9-22(10-12-23)17-38-21(3)32/h9-12,20,24H,4-8,13-19,28H2,1-3H3,(H,29,33)(H,30,35)(H,31,34)/t20?,24-/m0/s1. The fourth-order valence-corrected chi connectivity index (χ4v) is 3.31. The molecule has 0 saturated heterocycles. The summed E-state index contributed by atoms with van der Waals surface area (Å²) in [6, 6.07) is 6.06. The lowest BCUT2D eigenvalue weighted by atomic mass is 10.1. The van der Waals surface area contributed by atoms with Gasteiger partial charge in [-0.25, -0.2) is 0 Å². The summed E-state index contributed by atoms with van der Waals surface area (Å²) < 4.78 is 15.8. The molecule has 0 saturated carbocycles. The summed E-state index contributed by atoms with van der Waals surface area (Å²) in [4.78, 5) is 48.1. The SMILES string of the molecule is CCCCOC(C)CCNC(=O)COCC(=O)N[C@@H](CCCCN)C(=O)Nc1ccc(COC(C)=O)cc1. The number of carbonyl (C=O) groups is 4. The van der Waals surface area contributed by atoms with Gasteiger partial charge in [0.25, 0.3) is 0 Å². The van der Waals surface area contributed by atoms with Gasteiger partial charge in [-0.05, 0) is 63.3 Å². The smallest absolute Gasteiger partial charge is 0.302 e. The summed E-state index contributed by atoms with van der Waals surface area (Å²) in [7, 11) is 0. The molecular formula is C27H44N4O7. The highest BCUT2D eigenvalue weighted by atomic mass is 16.5. The van der Waals surface area contributed by atoms with E-state index in [-0.39, 0.29) is 43.7 Å². The molecule has 0 aromatic heterocycles. The van der Waals surface area contributed by atoms with Gasteiger partial charge in [0.15, 0.2) is 0 Å². The Balaban J connectivity index is 2.45. The number of nitrogens with one attached hydrogen (secondary N) is 3. The summed E-state index contributed by atoms with van der Waals surface area (Å²) >= 11 is 0. The fraction of sp³-hybridized carbons (Fsp3) is 0.630. The number of rotatable bonds is 20. The van der Waals surface area contributed by atoms with Crippen LogP contribution in [0.1, 0.15) is 64.9 Å². The van der Waals surface area contributed by atoms with Gasteiger partial charge in [0.05, 0.1) is 6.10 Å². The van der Waals surface area contributed by atoms with Crippen molar-refractivity contribution >= 4 is 29.4 Å². The predicted molar refractivity (Wildman–Crippen MR) is 144 cm³/mol. The van der Waals surface area contributed by atoms with E-state index in [1.807, 2.05) is 6.92 Å². The Hall–Kier alpha value is -3.02. The molecular weight excluding hydrogens is 492 g/mol. The molecule has 11 heteroatoms. The third kappa shape index (κ3) is 16.0. The number of anilines is 1. The van der Waals surface area contributed by atoms with Crippen LogP contribution in [0, 0.1) is 0 Å². The number of carbonyl (C=O) groups excluding carboxylic acids is 4. The highest BCUT2D eigenvalue weighted by molar-refractivity contribution is 5.97. The summed E-state index contributed by atoms with van der Waals surface area (Å²) in [5, 5.41) is 8.19. The molecule has 1 aromatic rings. The Morgan fingerprint density at radius 2 is 1.68 bits per heavy atom. The monoisotopic (exact) mass is 536 g/mol. The zero-order chi connectivity index (χ0) is 28.2. The number of benzene rings is 1. The van der Waals surface area contributed by atoms with E-state index in [1.54, 1.807) is 24.3 Å². The lowest BCUT2D eigenvalue weighted by Gasteiger charge is -2.19. The molecule has 5 N–H and O–H groups in total. The van der Waals surface area contributed by atoms with E-state index in [9.17, 15) is 19.2 Å². The van der Waals surface area contributed by atoms with Crippen LogP contribution in [0.2, 0.25) is 0 Å². The van der Waals surface area contributed by atoms with Crippen LogP contribution in [0.4, 0.5) is 5.69 Å². The minimum absolute atomic E-state index is 0.0505. The minimum atomic E-state index is -0.790. The van der Waals surface area contributed by atoms with Crippen molar-refractivity contribution in [2.75, 3.05) is 38.2 Å². The van der Waals surface area contributed by atoms with Crippen molar-refractivity contribution in [1.29, 1.82) is 0 Å². The number of hydrogen-bond donors (Lipinski definition) is 4. The molecule has 3 amide bonds. The van der Waals surface area contributed by atoms with Crippen molar-refractivity contribution < 1.29 is 33.4 Å². The van der Waals surface area contributed by atoms with Crippen LogP contribution in [0.3, 0.4) is 0 Å². The van der Waals surface area contributed by atoms with Gasteiger partial charge in [-0.3, -0.25) is 19.2 Å². The first-order valence-electron chi connectivity index (χ1n) is 13.2. The Labute approximate surface area is 225 Å². The second-order valence-corrected chi connectivity index (χ2v) is 9.04. The summed E-state index contributed by atoms with van der Waals surface area (Å²) in [5.41, 5.74) is 6.88. The van der Waals surface area contributed by atoms with Crippen molar-refractivity contribution in [2.24, 2.45) is 5.73 Å². The van der Waals surface area contributed by atoms with Crippen LogP contribution < -0.4 is 21.7 Å². The van der Waals surface area contributed by atoms with Crippen LogP contribution in [-0.2, 0) is 40.0 Å². The van der Waals surface area contributed by atoms with Crippen molar-refractivity contribution in [3.8, 4) is 0 Å². The van der Waals surface area contributed by atoms with Crippen LogP contribution in [0.15, 0.2) is 24.3 Å².